The summed E-state index contributed by atoms with van der Waals surface area (Å²) in [7, 11) is -9.91. The Kier molecular flexibility index (Phi) is 13.4. The number of nitrogens with zero attached hydrogens (tertiary/aromatic N) is 2. The Morgan fingerprint density at radius 3 is 2.28 bits per heavy atom. The predicted molar refractivity (Wildman–Crippen MR) is 140 cm³/mol. The van der Waals surface area contributed by atoms with Gasteiger partial charge in [0.15, 0.2) is 6.79 Å². The average Bonchev–Trinajstić information content (AvgIpc) is 3.39. The van der Waals surface area contributed by atoms with Gasteiger partial charge in [-0.15, -0.1) is 0 Å². The van der Waals surface area contributed by atoms with Crippen molar-refractivity contribution in [2.24, 2.45) is 5.92 Å². The van der Waals surface area contributed by atoms with Crippen LogP contribution < -0.4 is 5.32 Å². The van der Waals surface area contributed by atoms with E-state index in [0.29, 0.717) is 43.8 Å². The van der Waals surface area contributed by atoms with Crippen LogP contribution in [0.1, 0.15) is 59.8 Å². The van der Waals surface area contributed by atoms with Gasteiger partial charge in [0.05, 0.1) is 12.7 Å². The summed E-state index contributed by atoms with van der Waals surface area (Å²) in [5, 5.41) is 2.49. The summed E-state index contributed by atoms with van der Waals surface area (Å²) in [6, 6.07) is 0.611. The molecule has 1 saturated heterocycles. The van der Waals surface area contributed by atoms with Crippen molar-refractivity contribution in [3.8, 4) is 0 Å². The largest absolute Gasteiger partial charge is 0.483 e. The van der Waals surface area contributed by atoms with E-state index in [2.05, 4.69) is 46.7 Å². The normalized spacial score (nSPS) is 23.1. The van der Waals surface area contributed by atoms with Crippen LogP contribution in [-0.2, 0) is 41.6 Å². The highest BCUT2D eigenvalue weighted by atomic mass is 31.3. The molecule has 39 heavy (non-hydrogen) atoms. The molecule has 2 aliphatic rings. The molecule has 0 radical (unpaired) electrons. The zero-order valence-corrected chi connectivity index (χ0v) is 24.7. The van der Waals surface area contributed by atoms with Crippen molar-refractivity contribution in [2.45, 2.75) is 78.0 Å². The summed E-state index contributed by atoms with van der Waals surface area (Å²) >= 11 is 0. The Bertz CT molecular complexity index is 941. The van der Waals surface area contributed by atoms with Gasteiger partial charge in [-0.3, -0.25) is 33.2 Å². The fourth-order valence-corrected chi connectivity index (χ4v) is 6.35. The summed E-state index contributed by atoms with van der Waals surface area (Å²) in [6.07, 6.45) is 4.79. The first-order valence-electron chi connectivity index (χ1n) is 13.0. The summed E-state index contributed by atoms with van der Waals surface area (Å²) in [5.41, 5.74) is 0. The van der Waals surface area contributed by atoms with E-state index in [1.807, 2.05) is 0 Å². The standard InChI is InChI=1S/C23H41N3O11P2/c1-17(2)20-14-19(15-26(20)18(3)4)34-16-36-39(32,33)37-38(30,31)35-13-11-24-21(27)8-6-5-7-12-25-22(28)9-10-23(25)29/h9-10,17-20H,5-8,11-16H2,1-4H3,(H,24,27)(H,30,31)(H,32,33)/t19-,20?/m1/s1. The van der Waals surface area contributed by atoms with Crippen LogP contribution in [0, 0.1) is 5.92 Å². The lowest BCUT2D eigenvalue weighted by Gasteiger charge is -2.30. The lowest BCUT2D eigenvalue weighted by Crippen LogP contribution is -2.38. The van der Waals surface area contributed by atoms with Crippen molar-refractivity contribution >= 4 is 33.4 Å². The lowest BCUT2D eigenvalue weighted by atomic mass is 10.0. The van der Waals surface area contributed by atoms with E-state index in [9.17, 15) is 33.3 Å². The molecule has 1 fully saturated rings. The number of likely N-dealkylation sites (tertiary alicyclic amines) is 1. The van der Waals surface area contributed by atoms with Crippen molar-refractivity contribution in [2.75, 3.05) is 33.0 Å². The number of carbonyl (C=O) groups is 3. The minimum Gasteiger partial charge on any atom is -0.354 e. The quantitative estimate of drug-likeness (QED) is 0.0909. The first-order valence-corrected chi connectivity index (χ1v) is 16.0. The SMILES string of the molecule is CC(C)C1C[C@@H](OCOP(=O)(O)OP(=O)(O)OCCNC(=O)CCCCCN2C(=O)C=CC2=O)CN1C(C)C. The molecule has 14 nitrogen and oxygen atoms in total. The molecule has 0 bridgehead atoms. The van der Waals surface area contributed by atoms with Crippen molar-refractivity contribution < 1.29 is 51.4 Å². The molecule has 0 saturated carbocycles. The molecule has 3 amide bonds. The molecule has 4 atom stereocenters. The van der Waals surface area contributed by atoms with Crippen LogP contribution in [0.4, 0.5) is 0 Å². The Morgan fingerprint density at radius 2 is 1.69 bits per heavy atom. The van der Waals surface area contributed by atoms with Gasteiger partial charge in [0.1, 0.15) is 0 Å². The topological polar surface area (TPSA) is 181 Å². The Hall–Kier alpha value is -1.47. The third kappa shape index (κ3) is 11.9. The maximum atomic E-state index is 12.1. The van der Waals surface area contributed by atoms with Crippen molar-refractivity contribution in [1.29, 1.82) is 0 Å². The summed E-state index contributed by atoms with van der Waals surface area (Å²) in [4.78, 5) is 57.7. The van der Waals surface area contributed by atoms with Gasteiger partial charge in [-0.25, -0.2) is 9.13 Å². The van der Waals surface area contributed by atoms with E-state index in [0.717, 1.165) is 11.3 Å². The van der Waals surface area contributed by atoms with Crippen molar-refractivity contribution in [3.05, 3.63) is 12.2 Å². The number of nitrogens with one attached hydrogen (secondary N) is 1. The number of amides is 3. The van der Waals surface area contributed by atoms with Crippen molar-refractivity contribution in [3.63, 3.8) is 0 Å². The predicted octanol–water partition coefficient (Wildman–Crippen LogP) is 2.32. The molecule has 3 N–H and O–H groups in total. The monoisotopic (exact) mass is 597 g/mol. The van der Waals surface area contributed by atoms with Crippen LogP contribution >= 0.6 is 15.6 Å². The van der Waals surface area contributed by atoms with E-state index >= 15 is 0 Å². The number of phosphoric acid groups is 2. The number of imide groups is 1. The first-order chi connectivity index (χ1) is 18.2. The summed E-state index contributed by atoms with van der Waals surface area (Å²) < 4.78 is 43.3. The molecule has 3 unspecified atom stereocenters. The number of phosphoric ester groups is 2. The van der Waals surface area contributed by atoms with Crippen molar-refractivity contribution in [1.82, 2.24) is 15.1 Å². The fraction of sp³-hybridized carbons (Fsp3) is 0.783. The number of carbonyl (C=O) groups excluding carboxylic acids is 3. The molecule has 224 valence electrons. The molecule has 0 aromatic heterocycles. The van der Waals surface area contributed by atoms with Crippen LogP contribution in [0.3, 0.4) is 0 Å². The van der Waals surface area contributed by atoms with Crippen LogP contribution in [0.15, 0.2) is 12.2 Å². The molecule has 0 spiro atoms. The van der Waals surface area contributed by atoms with Gasteiger partial charge in [-0.2, -0.15) is 4.31 Å². The maximum Gasteiger partial charge on any atom is 0.483 e. The molecule has 16 heteroatoms. The zero-order chi connectivity index (χ0) is 29.2. The van der Waals surface area contributed by atoms with E-state index in [1.54, 1.807) is 0 Å². The Balaban J connectivity index is 1.57. The van der Waals surface area contributed by atoms with Crippen LogP contribution in [0.25, 0.3) is 0 Å². The molecular weight excluding hydrogens is 556 g/mol. The van der Waals surface area contributed by atoms with Gasteiger partial charge < -0.3 is 19.8 Å². The maximum absolute atomic E-state index is 12.1. The minimum atomic E-state index is -4.96. The van der Waals surface area contributed by atoms with Gasteiger partial charge >= 0.3 is 15.6 Å². The van der Waals surface area contributed by atoms with Crippen LogP contribution in [0.5, 0.6) is 0 Å². The van der Waals surface area contributed by atoms with Gasteiger partial charge in [-0.05, 0) is 39.0 Å². The highest BCUT2D eigenvalue weighted by Crippen LogP contribution is 2.60. The van der Waals surface area contributed by atoms with E-state index in [4.69, 9.17) is 9.26 Å². The van der Waals surface area contributed by atoms with Crippen LogP contribution in [-0.4, -0.2) is 88.5 Å². The number of rotatable bonds is 18. The van der Waals surface area contributed by atoms with Gasteiger partial charge in [0.2, 0.25) is 5.91 Å². The number of unbranched alkanes of at least 4 members (excludes halogenated alkanes) is 2. The smallest absolute Gasteiger partial charge is 0.354 e. The second-order valence-corrected chi connectivity index (χ2v) is 13.1. The third-order valence-electron chi connectivity index (χ3n) is 6.37. The fourth-order valence-electron chi connectivity index (χ4n) is 4.41. The second kappa shape index (κ2) is 15.5. The highest BCUT2D eigenvalue weighted by molar-refractivity contribution is 7.61. The molecular formula is C23H41N3O11P2. The summed E-state index contributed by atoms with van der Waals surface area (Å²) in [6.45, 7) is 8.12. The number of hydrogen-bond donors (Lipinski definition) is 3. The zero-order valence-electron chi connectivity index (χ0n) is 22.9. The highest BCUT2D eigenvalue weighted by Gasteiger charge is 2.38. The average molecular weight is 598 g/mol. The number of ether oxygens (including phenoxy) is 1. The third-order valence-corrected chi connectivity index (χ3v) is 8.96. The minimum absolute atomic E-state index is 0.139. The second-order valence-electron chi connectivity index (χ2n) is 10.0. The number of hydrogen-bond acceptors (Lipinski definition) is 10. The molecule has 0 aromatic carbocycles. The Morgan fingerprint density at radius 1 is 1.05 bits per heavy atom. The molecule has 0 aromatic rings. The molecule has 2 aliphatic heterocycles. The van der Waals surface area contributed by atoms with Gasteiger partial charge in [0, 0.05) is 50.3 Å². The van der Waals surface area contributed by atoms with Gasteiger partial charge in [-0.1, -0.05) is 20.3 Å². The van der Waals surface area contributed by atoms with E-state index in [1.165, 1.54) is 12.2 Å². The van der Waals surface area contributed by atoms with Crippen LogP contribution in [0.2, 0.25) is 0 Å². The summed E-state index contributed by atoms with van der Waals surface area (Å²) in [5.74, 6) is -0.622. The van der Waals surface area contributed by atoms with E-state index in [-0.39, 0.29) is 43.3 Å². The van der Waals surface area contributed by atoms with E-state index < -0.39 is 29.0 Å². The molecule has 2 heterocycles. The molecule has 2 rings (SSSR count). The first kappa shape index (κ1) is 33.7. The van der Waals surface area contributed by atoms with Gasteiger partial charge in [0.25, 0.3) is 11.8 Å². The lowest BCUT2D eigenvalue weighted by molar-refractivity contribution is -0.137. The molecule has 0 aliphatic carbocycles. The Labute approximate surface area is 229 Å².